The number of hydrogen-bond acceptors (Lipinski definition) is 3. The summed E-state index contributed by atoms with van der Waals surface area (Å²) in [5.74, 6) is -0.0588. The van der Waals surface area contributed by atoms with Crippen LogP contribution in [-0.4, -0.2) is 54.3 Å². The molecule has 0 unspecified atom stereocenters. The number of amides is 1. The molecule has 0 spiro atoms. The number of carbonyl (C=O) groups is 1. The highest BCUT2D eigenvalue weighted by Gasteiger charge is 2.21. The molecule has 1 aromatic carbocycles. The Kier molecular flexibility index (Phi) is 5.43. The molecule has 1 N–H and O–H groups in total. The molecule has 1 saturated heterocycles. The van der Waals surface area contributed by atoms with Gasteiger partial charge < -0.3 is 14.6 Å². The van der Waals surface area contributed by atoms with Crippen molar-refractivity contribution in [3.05, 3.63) is 35.0 Å². The lowest BCUT2D eigenvalue weighted by Gasteiger charge is -2.34. The van der Waals surface area contributed by atoms with Crippen LogP contribution in [0, 0.1) is 0 Å². The maximum atomic E-state index is 12.6. The molecule has 0 radical (unpaired) electrons. The Labute approximate surface area is 147 Å². The first-order chi connectivity index (χ1) is 11.6. The van der Waals surface area contributed by atoms with Crippen molar-refractivity contribution in [1.82, 2.24) is 14.8 Å². The molecule has 3 rings (SSSR count). The van der Waals surface area contributed by atoms with E-state index in [1.807, 2.05) is 35.9 Å². The van der Waals surface area contributed by atoms with E-state index in [1.54, 1.807) is 0 Å². The average molecular weight is 350 g/mol. The molecular weight excluding hydrogens is 326 g/mol. The number of fused-ring (bicyclic) bond motifs is 1. The lowest BCUT2D eigenvalue weighted by molar-refractivity contribution is 0.0159. The molecule has 130 valence electrons. The Hall–Kier alpha value is -1.56. The van der Waals surface area contributed by atoms with Gasteiger partial charge in [-0.2, -0.15) is 0 Å². The Morgan fingerprint density at radius 3 is 2.79 bits per heavy atom. The van der Waals surface area contributed by atoms with Gasteiger partial charge in [0.15, 0.2) is 0 Å². The summed E-state index contributed by atoms with van der Waals surface area (Å²) in [6.07, 6.45) is 1.00. The minimum absolute atomic E-state index is 0.0588. The minimum Gasteiger partial charge on any atom is -0.379 e. The number of benzene rings is 1. The third-order valence-electron chi connectivity index (χ3n) is 4.77. The molecule has 1 aliphatic rings. The Balaban J connectivity index is 1.70. The van der Waals surface area contributed by atoms with Gasteiger partial charge in [0.25, 0.3) is 5.91 Å². The Morgan fingerprint density at radius 1 is 1.38 bits per heavy atom. The second-order valence-electron chi connectivity index (χ2n) is 6.19. The summed E-state index contributed by atoms with van der Waals surface area (Å²) in [6, 6.07) is 7.96. The van der Waals surface area contributed by atoms with Crippen molar-refractivity contribution in [1.29, 1.82) is 0 Å². The van der Waals surface area contributed by atoms with Crippen LogP contribution in [-0.2, 0) is 11.8 Å². The number of hydrogen-bond donors (Lipinski definition) is 1. The van der Waals surface area contributed by atoms with E-state index < -0.39 is 0 Å². The van der Waals surface area contributed by atoms with E-state index >= 15 is 0 Å². The maximum Gasteiger partial charge on any atom is 0.267 e. The highest BCUT2D eigenvalue weighted by molar-refractivity contribution is 6.35. The molecule has 2 heterocycles. The van der Waals surface area contributed by atoms with E-state index in [0.717, 1.165) is 43.6 Å². The maximum absolute atomic E-state index is 12.6. The van der Waals surface area contributed by atoms with Crippen LogP contribution < -0.4 is 5.32 Å². The average Bonchev–Trinajstić information content (AvgIpc) is 2.94. The first-order valence-corrected chi connectivity index (χ1v) is 8.83. The summed E-state index contributed by atoms with van der Waals surface area (Å²) >= 11 is 6.26. The molecule has 5 nitrogen and oxygen atoms in total. The van der Waals surface area contributed by atoms with Crippen molar-refractivity contribution >= 4 is 28.4 Å². The number of morpholine rings is 1. The Bertz CT molecular complexity index is 722. The number of para-hydroxylation sites is 1. The highest BCUT2D eigenvalue weighted by atomic mass is 35.5. The van der Waals surface area contributed by atoms with Gasteiger partial charge in [-0.05, 0) is 18.6 Å². The third kappa shape index (κ3) is 3.43. The van der Waals surface area contributed by atoms with E-state index in [4.69, 9.17) is 16.3 Å². The summed E-state index contributed by atoms with van der Waals surface area (Å²) in [6.45, 7) is 6.20. The number of halogens is 1. The summed E-state index contributed by atoms with van der Waals surface area (Å²) in [4.78, 5) is 15.0. The van der Waals surface area contributed by atoms with Crippen LogP contribution in [0.4, 0.5) is 0 Å². The third-order valence-corrected chi connectivity index (χ3v) is 5.08. The van der Waals surface area contributed by atoms with Crippen LogP contribution in [0.15, 0.2) is 24.3 Å². The topological polar surface area (TPSA) is 46.5 Å². The molecule has 1 amide bonds. The van der Waals surface area contributed by atoms with Gasteiger partial charge in [-0.3, -0.25) is 9.69 Å². The van der Waals surface area contributed by atoms with Gasteiger partial charge in [-0.15, -0.1) is 0 Å². The second kappa shape index (κ2) is 7.55. The molecule has 24 heavy (non-hydrogen) atoms. The molecule has 0 saturated carbocycles. The number of rotatable bonds is 5. The number of carbonyl (C=O) groups excluding carboxylic acids is 1. The zero-order valence-corrected chi connectivity index (χ0v) is 15.0. The smallest absolute Gasteiger partial charge is 0.267 e. The van der Waals surface area contributed by atoms with Crippen LogP contribution in [0.2, 0.25) is 5.02 Å². The predicted molar refractivity (Wildman–Crippen MR) is 96.7 cm³/mol. The van der Waals surface area contributed by atoms with Gasteiger partial charge in [-0.1, -0.05) is 30.7 Å². The van der Waals surface area contributed by atoms with Crippen LogP contribution in [0.5, 0.6) is 0 Å². The fraction of sp³-hybridized carbons (Fsp3) is 0.500. The fourth-order valence-corrected chi connectivity index (χ4v) is 3.67. The van der Waals surface area contributed by atoms with Gasteiger partial charge in [-0.25, -0.2) is 0 Å². The van der Waals surface area contributed by atoms with Gasteiger partial charge in [0.1, 0.15) is 5.69 Å². The number of aromatic nitrogens is 1. The van der Waals surface area contributed by atoms with E-state index in [-0.39, 0.29) is 5.91 Å². The van der Waals surface area contributed by atoms with E-state index in [9.17, 15) is 4.79 Å². The monoisotopic (exact) mass is 349 g/mol. The van der Waals surface area contributed by atoms with E-state index in [2.05, 4.69) is 17.1 Å². The van der Waals surface area contributed by atoms with Crippen molar-refractivity contribution in [2.45, 2.75) is 19.4 Å². The highest BCUT2D eigenvalue weighted by Crippen LogP contribution is 2.26. The van der Waals surface area contributed by atoms with Gasteiger partial charge in [0.2, 0.25) is 0 Å². The van der Waals surface area contributed by atoms with Crippen molar-refractivity contribution < 1.29 is 9.53 Å². The SMILES string of the molecule is CC[C@@H](CNC(=O)c1cc2cccc(Cl)c2n1C)N1CCOCC1. The standard InChI is InChI=1S/C18H24ClN3O2/c1-3-14(22-7-9-24-10-8-22)12-20-18(23)16-11-13-5-4-6-15(19)17(13)21(16)2/h4-6,11,14H,3,7-10,12H2,1-2H3,(H,20,23)/t14-/m0/s1. The zero-order valence-electron chi connectivity index (χ0n) is 14.2. The molecule has 0 bridgehead atoms. The number of nitrogens with one attached hydrogen (secondary N) is 1. The quantitative estimate of drug-likeness (QED) is 0.902. The first kappa shape index (κ1) is 17.3. The second-order valence-corrected chi connectivity index (χ2v) is 6.59. The fourth-order valence-electron chi connectivity index (χ4n) is 3.36. The van der Waals surface area contributed by atoms with Crippen molar-refractivity contribution in [2.75, 3.05) is 32.8 Å². The molecule has 1 aromatic heterocycles. The molecule has 0 aliphatic carbocycles. The molecular formula is C18H24ClN3O2. The summed E-state index contributed by atoms with van der Waals surface area (Å²) < 4.78 is 7.27. The number of ether oxygens (including phenoxy) is 1. The van der Waals surface area contributed by atoms with Crippen LogP contribution in [0.1, 0.15) is 23.8 Å². The lowest BCUT2D eigenvalue weighted by atomic mass is 10.1. The van der Waals surface area contributed by atoms with Crippen molar-refractivity contribution in [3.8, 4) is 0 Å². The lowest BCUT2D eigenvalue weighted by Crippen LogP contribution is -2.48. The summed E-state index contributed by atoms with van der Waals surface area (Å²) in [5.41, 5.74) is 1.53. The van der Waals surface area contributed by atoms with E-state index in [1.165, 1.54) is 0 Å². The normalized spacial score (nSPS) is 17.1. The van der Waals surface area contributed by atoms with Gasteiger partial charge in [0.05, 0.1) is 23.8 Å². The molecule has 6 heteroatoms. The van der Waals surface area contributed by atoms with Crippen molar-refractivity contribution in [3.63, 3.8) is 0 Å². The van der Waals surface area contributed by atoms with Gasteiger partial charge in [0, 0.05) is 38.1 Å². The van der Waals surface area contributed by atoms with Crippen LogP contribution >= 0.6 is 11.6 Å². The zero-order chi connectivity index (χ0) is 17.1. The number of aryl methyl sites for hydroxylation is 1. The van der Waals surface area contributed by atoms with Crippen LogP contribution in [0.25, 0.3) is 10.9 Å². The minimum atomic E-state index is -0.0588. The largest absolute Gasteiger partial charge is 0.379 e. The van der Waals surface area contributed by atoms with E-state index in [0.29, 0.717) is 23.3 Å². The first-order valence-electron chi connectivity index (χ1n) is 8.45. The van der Waals surface area contributed by atoms with Crippen LogP contribution in [0.3, 0.4) is 0 Å². The van der Waals surface area contributed by atoms with Crippen molar-refractivity contribution in [2.24, 2.45) is 7.05 Å². The summed E-state index contributed by atoms with van der Waals surface area (Å²) in [7, 11) is 1.88. The molecule has 1 atom stereocenters. The van der Waals surface area contributed by atoms with Gasteiger partial charge >= 0.3 is 0 Å². The molecule has 1 fully saturated rings. The number of nitrogens with zero attached hydrogens (tertiary/aromatic N) is 2. The summed E-state index contributed by atoms with van der Waals surface area (Å²) in [5, 5.41) is 4.73. The Morgan fingerprint density at radius 2 is 2.12 bits per heavy atom. The molecule has 2 aromatic rings. The predicted octanol–water partition coefficient (Wildman–Crippen LogP) is 2.67. The molecule has 1 aliphatic heterocycles.